The summed E-state index contributed by atoms with van der Waals surface area (Å²) in [5.74, 6) is 0.633. The zero-order valence-corrected chi connectivity index (χ0v) is 33.1. The first kappa shape index (κ1) is 41.4. The lowest BCUT2D eigenvalue weighted by atomic mass is 10.0. The second-order valence-corrected chi connectivity index (χ2v) is 16.9. The van der Waals surface area contributed by atoms with Crippen LogP contribution in [-0.4, -0.2) is 105 Å². The number of morpholine rings is 1. The number of rotatable bonds is 19. The molecule has 0 bridgehead atoms. The van der Waals surface area contributed by atoms with Crippen LogP contribution in [0.3, 0.4) is 0 Å². The van der Waals surface area contributed by atoms with E-state index in [9.17, 15) is 18.0 Å². The summed E-state index contributed by atoms with van der Waals surface area (Å²) in [5.41, 5.74) is 3.28. The number of amides is 2. The number of nitrogens with zero attached hydrogens (tertiary/aromatic N) is 4. The maximum atomic E-state index is 13.8. The topological polar surface area (TPSA) is 149 Å². The molecule has 2 amide bonds. The first-order valence-electron chi connectivity index (χ1n) is 18.2. The summed E-state index contributed by atoms with van der Waals surface area (Å²) in [4.78, 5) is 39.4. The molecule has 52 heavy (non-hydrogen) atoms. The number of carbonyl (C=O) groups excluding carboxylic acids is 2. The van der Waals surface area contributed by atoms with Gasteiger partial charge in [-0.1, -0.05) is 37.1 Å². The van der Waals surface area contributed by atoms with E-state index in [4.69, 9.17) is 18.4 Å². The summed E-state index contributed by atoms with van der Waals surface area (Å²) in [6.45, 7) is 13.0. The predicted molar refractivity (Wildman–Crippen MR) is 203 cm³/mol. The van der Waals surface area contributed by atoms with E-state index in [1.165, 1.54) is 11.3 Å². The van der Waals surface area contributed by atoms with Gasteiger partial charge in [0.25, 0.3) is 16.0 Å². The molecular formula is C37H55N5O8S2. The Labute approximate surface area is 312 Å². The van der Waals surface area contributed by atoms with Crippen LogP contribution < -0.4 is 5.32 Å². The highest BCUT2D eigenvalue weighted by Gasteiger charge is 2.27. The molecule has 1 aliphatic heterocycles. The Bertz CT molecular complexity index is 1720. The maximum absolute atomic E-state index is 13.8. The van der Waals surface area contributed by atoms with E-state index in [2.05, 4.69) is 34.3 Å². The molecule has 13 nitrogen and oxygen atoms in total. The summed E-state index contributed by atoms with van der Waals surface area (Å²) in [7, 11) is -1.71. The molecule has 1 saturated heterocycles. The van der Waals surface area contributed by atoms with Crippen molar-refractivity contribution in [1.29, 1.82) is 0 Å². The quantitative estimate of drug-likeness (QED) is 0.104. The molecule has 0 aliphatic carbocycles. The van der Waals surface area contributed by atoms with Gasteiger partial charge in [0.2, 0.25) is 0 Å². The number of aryl methyl sites for hydroxylation is 1. The van der Waals surface area contributed by atoms with Gasteiger partial charge in [-0.05, 0) is 71.4 Å². The fourth-order valence-corrected chi connectivity index (χ4v) is 7.43. The molecule has 0 radical (unpaired) electrons. The highest BCUT2D eigenvalue weighted by molar-refractivity contribution is 7.86. The standard InChI is InChI=1S/C37H55N5O8S2/c1-7-52(45,46)49-21-11-9-8-10-16-30-31-33(51-32(30)35(43)42-18-22-47-23-19-42)34(39-26-38-31)40-27(2)29-15-12-14-28(24-29)25-48-20-13-17-41(6)36(44)50-37(3,4)5/h12,14-15,24,26-27H,7-11,13,16-23,25H2,1-6H3,(H,38,39,40). The Morgan fingerprint density at radius 1 is 1.08 bits per heavy atom. The minimum atomic E-state index is -3.43. The first-order chi connectivity index (χ1) is 24.8. The Balaban J connectivity index is 1.39. The van der Waals surface area contributed by atoms with Gasteiger partial charge in [0.1, 0.15) is 17.7 Å². The van der Waals surface area contributed by atoms with Crippen molar-refractivity contribution in [2.24, 2.45) is 0 Å². The van der Waals surface area contributed by atoms with Gasteiger partial charge in [-0.25, -0.2) is 14.8 Å². The number of carbonyl (C=O) groups is 2. The summed E-state index contributed by atoms with van der Waals surface area (Å²) in [5, 5.41) is 3.57. The van der Waals surface area contributed by atoms with Crippen LogP contribution in [0.15, 0.2) is 30.6 Å². The van der Waals surface area contributed by atoms with Crippen molar-refractivity contribution in [3.05, 3.63) is 52.2 Å². The molecule has 1 N–H and O–H groups in total. The van der Waals surface area contributed by atoms with Crippen LogP contribution >= 0.6 is 11.3 Å². The number of fused-ring (bicyclic) bond motifs is 1. The number of benzene rings is 1. The second-order valence-electron chi connectivity index (χ2n) is 14.0. The SMILES string of the molecule is CCS(=O)(=O)OCCCCCCc1c(C(=O)N2CCOCC2)sc2c(NC(C)c3cccc(COCCCN(C)C(=O)OC(C)(C)C)c3)ncnc12. The second kappa shape index (κ2) is 19.6. The molecule has 4 rings (SSSR count). The van der Waals surface area contributed by atoms with Crippen LogP contribution in [0.4, 0.5) is 10.6 Å². The summed E-state index contributed by atoms with van der Waals surface area (Å²) in [6, 6.07) is 8.11. The molecular weight excluding hydrogens is 707 g/mol. The average molecular weight is 762 g/mol. The number of hydrogen-bond acceptors (Lipinski definition) is 12. The van der Waals surface area contributed by atoms with Gasteiger partial charge in [-0.3, -0.25) is 8.98 Å². The molecule has 0 spiro atoms. The van der Waals surface area contributed by atoms with Crippen LogP contribution in [0.2, 0.25) is 0 Å². The number of anilines is 1. The molecule has 1 unspecified atom stereocenters. The minimum Gasteiger partial charge on any atom is -0.444 e. The molecule has 3 aromatic rings. The smallest absolute Gasteiger partial charge is 0.410 e. The van der Waals surface area contributed by atoms with E-state index >= 15 is 0 Å². The molecule has 1 fully saturated rings. The lowest BCUT2D eigenvalue weighted by Gasteiger charge is -2.26. The van der Waals surface area contributed by atoms with Crippen LogP contribution in [-0.2, 0) is 41.5 Å². The van der Waals surface area contributed by atoms with Crippen LogP contribution in [0.1, 0.15) is 99.1 Å². The molecule has 0 saturated carbocycles. The third-order valence-electron chi connectivity index (χ3n) is 8.56. The average Bonchev–Trinajstić information content (AvgIpc) is 3.49. The van der Waals surface area contributed by atoms with Gasteiger partial charge in [-0.2, -0.15) is 8.42 Å². The van der Waals surface area contributed by atoms with Crippen molar-refractivity contribution in [3.63, 3.8) is 0 Å². The van der Waals surface area contributed by atoms with Crippen molar-refractivity contribution < 1.29 is 36.4 Å². The van der Waals surface area contributed by atoms with Gasteiger partial charge in [0, 0.05) is 44.9 Å². The Kier molecular flexibility index (Phi) is 15.6. The van der Waals surface area contributed by atoms with E-state index in [-0.39, 0.29) is 30.4 Å². The van der Waals surface area contributed by atoms with E-state index in [0.29, 0.717) is 76.0 Å². The van der Waals surface area contributed by atoms with Gasteiger partial charge >= 0.3 is 6.09 Å². The van der Waals surface area contributed by atoms with Crippen LogP contribution in [0.5, 0.6) is 0 Å². The minimum absolute atomic E-state index is 0.0114. The van der Waals surface area contributed by atoms with Crippen molar-refractivity contribution in [2.45, 2.75) is 91.4 Å². The number of nitrogens with one attached hydrogen (secondary N) is 1. The van der Waals surface area contributed by atoms with E-state index in [0.717, 1.165) is 46.2 Å². The van der Waals surface area contributed by atoms with Crippen molar-refractivity contribution in [1.82, 2.24) is 19.8 Å². The van der Waals surface area contributed by atoms with Gasteiger partial charge < -0.3 is 29.3 Å². The molecule has 1 aromatic carbocycles. The summed E-state index contributed by atoms with van der Waals surface area (Å²) < 4.78 is 45.9. The molecule has 15 heteroatoms. The fraction of sp³-hybridized carbons (Fsp3) is 0.622. The zero-order chi connectivity index (χ0) is 37.7. The van der Waals surface area contributed by atoms with E-state index < -0.39 is 15.7 Å². The van der Waals surface area contributed by atoms with Crippen molar-refractivity contribution in [3.8, 4) is 0 Å². The Hall–Kier alpha value is -3.37. The highest BCUT2D eigenvalue weighted by Crippen LogP contribution is 2.37. The third kappa shape index (κ3) is 12.6. The number of thiophene rings is 1. The van der Waals surface area contributed by atoms with Crippen molar-refractivity contribution >= 4 is 49.5 Å². The lowest BCUT2D eigenvalue weighted by Crippen LogP contribution is -2.40. The third-order valence-corrected chi connectivity index (χ3v) is 11.0. The van der Waals surface area contributed by atoms with Gasteiger partial charge in [0.05, 0.1) is 47.3 Å². The van der Waals surface area contributed by atoms with Gasteiger partial charge in [0.15, 0.2) is 0 Å². The number of unbranched alkanes of at least 4 members (excludes halogenated alkanes) is 3. The summed E-state index contributed by atoms with van der Waals surface area (Å²) >= 11 is 1.43. The molecule has 1 aliphatic rings. The summed E-state index contributed by atoms with van der Waals surface area (Å²) in [6.07, 6.45) is 5.74. The predicted octanol–water partition coefficient (Wildman–Crippen LogP) is 6.58. The fourth-order valence-electron chi connectivity index (χ4n) is 5.67. The maximum Gasteiger partial charge on any atom is 0.410 e. The highest BCUT2D eigenvalue weighted by atomic mass is 32.2. The zero-order valence-electron chi connectivity index (χ0n) is 31.4. The van der Waals surface area contributed by atoms with Gasteiger partial charge in [-0.15, -0.1) is 11.3 Å². The molecule has 1 atom stereocenters. The number of aromatic nitrogens is 2. The monoisotopic (exact) mass is 761 g/mol. The van der Waals surface area contributed by atoms with Crippen LogP contribution in [0.25, 0.3) is 10.2 Å². The van der Waals surface area contributed by atoms with E-state index in [1.54, 1.807) is 25.2 Å². The van der Waals surface area contributed by atoms with Crippen molar-refractivity contribution in [2.75, 3.05) is 64.2 Å². The Morgan fingerprint density at radius 2 is 1.83 bits per heavy atom. The Morgan fingerprint density at radius 3 is 2.56 bits per heavy atom. The largest absolute Gasteiger partial charge is 0.444 e. The molecule has 2 aromatic heterocycles. The molecule has 288 valence electrons. The number of hydrogen-bond donors (Lipinski definition) is 1. The molecule has 3 heterocycles. The van der Waals surface area contributed by atoms with E-state index in [1.807, 2.05) is 37.8 Å². The van der Waals surface area contributed by atoms with Crippen LogP contribution in [0, 0.1) is 0 Å². The normalized spacial score (nSPS) is 14.4. The number of ether oxygens (including phenoxy) is 3. The lowest BCUT2D eigenvalue weighted by molar-refractivity contribution is 0.0275. The first-order valence-corrected chi connectivity index (χ1v) is 20.5.